The van der Waals surface area contributed by atoms with Crippen LogP contribution in [0.15, 0.2) is 41.0 Å². The van der Waals surface area contributed by atoms with E-state index in [2.05, 4.69) is 4.90 Å². The normalized spacial score (nSPS) is 23.8. The van der Waals surface area contributed by atoms with Gasteiger partial charge in [0.05, 0.1) is 41.6 Å². The Morgan fingerprint density at radius 3 is 2.45 bits per heavy atom. The first-order valence-electron chi connectivity index (χ1n) is 13.5. The predicted octanol–water partition coefficient (Wildman–Crippen LogP) is 2.26. The molecule has 0 bridgehead atoms. The highest BCUT2D eigenvalue weighted by atomic mass is 16.5. The Kier molecular flexibility index (Phi) is 6.65. The van der Waals surface area contributed by atoms with Crippen LogP contribution in [0.2, 0.25) is 0 Å². The maximum absolute atomic E-state index is 13.5. The number of furan rings is 1. The Hall–Kier alpha value is -3.66. The number of benzene rings is 1. The van der Waals surface area contributed by atoms with Gasteiger partial charge in [0.25, 0.3) is 17.7 Å². The Labute approximate surface area is 221 Å². The number of carbonyl (C=O) groups is 4. The zero-order valence-electron chi connectivity index (χ0n) is 21.3. The van der Waals surface area contributed by atoms with Crippen LogP contribution < -0.4 is 4.90 Å². The van der Waals surface area contributed by atoms with Gasteiger partial charge in [-0.25, -0.2) is 0 Å². The van der Waals surface area contributed by atoms with Gasteiger partial charge < -0.3 is 23.9 Å². The molecule has 4 amide bonds. The molecule has 10 nitrogen and oxygen atoms in total. The molecular formula is C28H32N4O6. The molecule has 0 N–H and O–H groups in total. The van der Waals surface area contributed by atoms with Gasteiger partial charge in [-0.05, 0) is 49.9 Å². The van der Waals surface area contributed by atoms with Gasteiger partial charge in [-0.1, -0.05) is 6.07 Å². The third-order valence-electron chi connectivity index (χ3n) is 8.11. The van der Waals surface area contributed by atoms with Crippen molar-refractivity contribution in [1.82, 2.24) is 14.7 Å². The van der Waals surface area contributed by atoms with Crippen molar-refractivity contribution in [3.63, 3.8) is 0 Å². The number of anilines is 1. The summed E-state index contributed by atoms with van der Waals surface area (Å²) in [4.78, 5) is 59.5. The van der Waals surface area contributed by atoms with Gasteiger partial charge in [-0.15, -0.1) is 0 Å². The van der Waals surface area contributed by atoms with Crippen molar-refractivity contribution in [2.24, 2.45) is 5.92 Å². The van der Waals surface area contributed by atoms with Crippen molar-refractivity contribution in [2.75, 3.05) is 57.3 Å². The topological polar surface area (TPSA) is 104 Å². The van der Waals surface area contributed by atoms with Gasteiger partial charge in [0.15, 0.2) is 5.76 Å². The number of ether oxygens (including phenoxy) is 1. The van der Waals surface area contributed by atoms with Gasteiger partial charge in [0.1, 0.15) is 0 Å². The third-order valence-corrected chi connectivity index (χ3v) is 8.11. The van der Waals surface area contributed by atoms with Crippen LogP contribution in [0.4, 0.5) is 5.69 Å². The fourth-order valence-electron chi connectivity index (χ4n) is 6.08. The second kappa shape index (κ2) is 10.2. The van der Waals surface area contributed by atoms with Crippen LogP contribution in [0, 0.1) is 5.92 Å². The second-order valence-electron chi connectivity index (χ2n) is 10.4. The van der Waals surface area contributed by atoms with Gasteiger partial charge in [-0.3, -0.25) is 24.1 Å². The zero-order chi connectivity index (χ0) is 26.2. The molecule has 38 heavy (non-hydrogen) atoms. The molecule has 3 fully saturated rings. The Morgan fingerprint density at radius 1 is 0.895 bits per heavy atom. The molecular weight excluding hydrogens is 488 g/mol. The predicted molar refractivity (Wildman–Crippen MR) is 137 cm³/mol. The third kappa shape index (κ3) is 4.47. The molecule has 5 heterocycles. The van der Waals surface area contributed by atoms with Crippen molar-refractivity contribution >= 4 is 29.3 Å². The van der Waals surface area contributed by atoms with E-state index in [1.807, 2.05) is 17.0 Å². The summed E-state index contributed by atoms with van der Waals surface area (Å²) < 4.78 is 10.9. The highest BCUT2D eigenvalue weighted by Gasteiger charge is 2.41. The molecule has 0 radical (unpaired) electrons. The minimum atomic E-state index is -0.276. The summed E-state index contributed by atoms with van der Waals surface area (Å²) in [6.07, 6.45) is 4.76. The number of fused-ring (bicyclic) bond motifs is 1. The lowest BCUT2D eigenvalue weighted by Crippen LogP contribution is -2.53. The Balaban J connectivity index is 1.12. The van der Waals surface area contributed by atoms with E-state index in [9.17, 15) is 19.2 Å². The molecule has 0 spiro atoms. The first-order valence-corrected chi connectivity index (χ1v) is 13.5. The van der Waals surface area contributed by atoms with E-state index in [4.69, 9.17) is 9.15 Å². The van der Waals surface area contributed by atoms with Gasteiger partial charge in [0, 0.05) is 45.9 Å². The SMILES string of the molecule is O=C(c1ccco1)N1CCN(C(=O)[C@H]2CCCN(c3cccc4c3C(=O)N(C[C@@H]3CCCO3)C4=O)C2)CC1. The van der Waals surface area contributed by atoms with E-state index in [1.165, 1.54) is 11.2 Å². The standard InChI is InChI=1S/C28H32N4O6/c33-25(29-11-13-30(14-12-29)27(35)23-9-4-16-38-23)19-5-2-10-31(17-19)22-8-1-7-21-24(22)28(36)32(26(21)34)18-20-6-3-15-37-20/h1,4,7-9,16,19-20H,2-3,5-6,10-15,17-18H2/t19-,20-/m0/s1. The van der Waals surface area contributed by atoms with Crippen LogP contribution in [0.5, 0.6) is 0 Å². The van der Waals surface area contributed by atoms with Crippen LogP contribution in [0.25, 0.3) is 0 Å². The second-order valence-corrected chi connectivity index (χ2v) is 10.4. The molecule has 2 atom stereocenters. The number of rotatable bonds is 5. The monoisotopic (exact) mass is 520 g/mol. The molecule has 0 aliphatic carbocycles. The molecule has 1 aromatic carbocycles. The number of imide groups is 1. The maximum atomic E-state index is 13.5. The molecule has 4 aliphatic rings. The van der Waals surface area contributed by atoms with Crippen LogP contribution in [0.1, 0.15) is 57.0 Å². The fourth-order valence-corrected chi connectivity index (χ4v) is 6.08. The van der Waals surface area contributed by atoms with Crippen molar-refractivity contribution in [3.8, 4) is 0 Å². The number of hydrogen-bond acceptors (Lipinski definition) is 7. The minimum absolute atomic E-state index is 0.0785. The average Bonchev–Trinajstić information content (AvgIpc) is 3.73. The Morgan fingerprint density at radius 2 is 1.71 bits per heavy atom. The van der Waals surface area contributed by atoms with E-state index >= 15 is 0 Å². The summed E-state index contributed by atoms with van der Waals surface area (Å²) in [5, 5.41) is 0. The number of nitrogens with zero attached hydrogens (tertiary/aromatic N) is 4. The molecule has 0 unspecified atom stereocenters. The van der Waals surface area contributed by atoms with E-state index in [0.29, 0.717) is 56.2 Å². The summed E-state index contributed by atoms with van der Waals surface area (Å²) in [5.74, 6) is -0.519. The molecule has 2 aromatic rings. The zero-order valence-corrected chi connectivity index (χ0v) is 21.3. The van der Waals surface area contributed by atoms with Gasteiger partial charge in [0.2, 0.25) is 5.91 Å². The Bertz CT molecular complexity index is 1230. The number of amides is 4. The van der Waals surface area contributed by atoms with Crippen LogP contribution >= 0.6 is 0 Å². The summed E-state index contributed by atoms with van der Waals surface area (Å²) >= 11 is 0. The lowest BCUT2D eigenvalue weighted by Gasteiger charge is -2.39. The highest BCUT2D eigenvalue weighted by Crippen LogP contribution is 2.35. The van der Waals surface area contributed by atoms with Crippen molar-refractivity contribution < 1.29 is 28.3 Å². The number of piperidine rings is 1. The molecule has 10 heteroatoms. The van der Waals surface area contributed by atoms with E-state index in [0.717, 1.165) is 37.9 Å². The van der Waals surface area contributed by atoms with E-state index in [-0.39, 0.29) is 42.2 Å². The maximum Gasteiger partial charge on any atom is 0.289 e. The molecule has 6 rings (SSSR count). The van der Waals surface area contributed by atoms with Gasteiger partial charge in [-0.2, -0.15) is 0 Å². The smallest absolute Gasteiger partial charge is 0.289 e. The first kappa shape index (κ1) is 24.7. The molecule has 200 valence electrons. The number of hydrogen-bond donors (Lipinski definition) is 0. The summed E-state index contributed by atoms with van der Waals surface area (Å²) in [6.45, 7) is 4.04. The molecule has 3 saturated heterocycles. The van der Waals surface area contributed by atoms with Gasteiger partial charge >= 0.3 is 0 Å². The molecule has 4 aliphatic heterocycles. The first-order chi connectivity index (χ1) is 18.5. The largest absolute Gasteiger partial charge is 0.459 e. The number of carbonyl (C=O) groups excluding carboxylic acids is 4. The summed E-state index contributed by atoms with van der Waals surface area (Å²) in [7, 11) is 0. The highest BCUT2D eigenvalue weighted by molar-refractivity contribution is 6.23. The lowest BCUT2D eigenvalue weighted by atomic mass is 9.94. The van der Waals surface area contributed by atoms with Crippen LogP contribution in [-0.4, -0.2) is 96.9 Å². The van der Waals surface area contributed by atoms with E-state index < -0.39 is 0 Å². The van der Waals surface area contributed by atoms with Crippen molar-refractivity contribution in [1.29, 1.82) is 0 Å². The fraction of sp³-hybridized carbons (Fsp3) is 0.500. The lowest BCUT2D eigenvalue weighted by molar-refractivity contribution is -0.137. The van der Waals surface area contributed by atoms with E-state index in [1.54, 1.807) is 23.1 Å². The van der Waals surface area contributed by atoms with Crippen LogP contribution in [-0.2, 0) is 9.53 Å². The molecule has 0 saturated carbocycles. The van der Waals surface area contributed by atoms with Crippen molar-refractivity contribution in [3.05, 3.63) is 53.5 Å². The minimum Gasteiger partial charge on any atom is -0.459 e. The van der Waals surface area contributed by atoms with Crippen molar-refractivity contribution in [2.45, 2.75) is 31.8 Å². The summed E-state index contributed by atoms with van der Waals surface area (Å²) in [6, 6.07) is 8.75. The molecule has 1 aromatic heterocycles. The average molecular weight is 521 g/mol. The quantitative estimate of drug-likeness (QED) is 0.557. The van der Waals surface area contributed by atoms with Crippen LogP contribution in [0.3, 0.4) is 0 Å². The number of piperazine rings is 1. The summed E-state index contributed by atoms with van der Waals surface area (Å²) in [5.41, 5.74) is 1.59.